The van der Waals surface area contributed by atoms with Gasteiger partial charge in [0.15, 0.2) is 0 Å². The van der Waals surface area contributed by atoms with E-state index in [0.29, 0.717) is 0 Å². The fourth-order valence-electron chi connectivity index (χ4n) is 4.18. The number of carbonyl (C=O) groups is 1. The number of carbonyl (C=O) groups excluding carboxylic acids is 1. The SMILES string of the molecule is CCc1ccc(NC(=O)NC2CCCC23CCOCC3)cc1OC. The highest BCUT2D eigenvalue weighted by atomic mass is 16.5. The van der Waals surface area contributed by atoms with E-state index in [1.165, 1.54) is 12.8 Å². The predicted octanol–water partition coefficient (Wildman–Crippen LogP) is 3.73. The van der Waals surface area contributed by atoms with Crippen molar-refractivity contribution in [2.75, 3.05) is 25.6 Å². The zero-order chi connectivity index (χ0) is 17.0. The van der Waals surface area contributed by atoms with Crippen molar-refractivity contribution in [3.63, 3.8) is 0 Å². The third-order valence-corrected chi connectivity index (χ3v) is 5.63. The van der Waals surface area contributed by atoms with Crippen molar-refractivity contribution in [3.05, 3.63) is 23.8 Å². The molecule has 0 radical (unpaired) electrons. The molecule has 2 N–H and O–H groups in total. The lowest BCUT2D eigenvalue weighted by Gasteiger charge is -2.39. The van der Waals surface area contributed by atoms with Gasteiger partial charge in [-0.25, -0.2) is 4.79 Å². The fourth-order valence-corrected chi connectivity index (χ4v) is 4.18. The molecule has 2 aliphatic rings. The number of urea groups is 1. The van der Waals surface area contributed by atoms with Crippen LogP contribution in [0, 0.1) is 5.41 Å². The minimum atomic E-state index is -0.126. The Balaban J connectivity index is 1.63. The Morgan fingerprint density at radius 1 is 1.33 bits per heavy atom. The van der Waals surface area contributed by atoms with Gasteiger partial charge in [-0.05, 0) is 49.1 Å². The summed E-state index contributed by atoms with van der Waals surface area (Å²) in [5.74, 6) is 0.817. The third-order valence-electron chi connectivity index (χ3n) is 5.63. The lowest BCUT2D eigenvalue weighted by molar-refractivity contribution is 0.00652. The van der Waals surface area contributed by atoms with Gasteiger partial charge in [0.1, 0.15) is 5.75 Å². The number of rotatable bonds is 4. The number of methoxy groups -OCH3 is 1. The second-order valence-electron chi connectivity index (χ2n) is 6.90. The highest BCUT2D eigenvalue weighted by Crippen LogP contribution is 2.45. The minimum Gasteiger partial charge on any atom is -0.496 e. The summed E-state index contributed by atoms with van der Waals surface area (Å²) in [5.41, 5.74) is 2.14. The van der Waals surface area contributed by atoms with E-state index >= 15 is 0 Å². The molecule has 2 amide bonds. The van der Waals surface area contributed by atoms with E-state index in [9.17, 15) is 4.79 Å². The first-order valence-corrected chi connectivity index (χ1v) is 8.99. The van der Waals surface area contributed by atoms with Crippen LogP contribution in [-0.2, 0) is 11.2 Å². The summed E-state index contributed by atoms with van der Waals surface area (Å²) in [6.45, 7) is 3.72. The molecule has 1 spiro atoms. The van der Waals surface area contributed by atoms with Gasteiger partial charge in [0.05, 0.1) is 7.11 Å². The van der Waals surface area contributed by atoms with Gasteiger partial charge in [-0.15, -0.1) is 0 Å². The maximum Gasteiger partial charge on any atom is 0.319 e. The van der Waals surface area contributed by atoms with Gasteiger partial charge in [0, 0.05) is 31.0 Å². The van der Waals surface area contributed by atoms with Gasteiger partial charge in [-0.3, -0.25) is 0 Å². The molecule has 1 saturated carbocycles. The molecule has 3 rings (SSSR count). The van der Waals surface area contributed by atoms with E-state index in [1.807, 2.05) is 18.2 Å². The summed E-state index contributed by atoms with van der Waals surface area (Å²) in [7, 11) is 1.66. The van der Waals surface area contributed by atoms with Crippen molar-refractivity contribution in [1.82, 2.24) is 5.32 Å². The maximum atomic E-state index is 12.5. The molecule has 1 saturated heterocycles. The first kappa shape index (κ1) is 17.1. The summed E-state index contributed by atoms with van der Waals surface area (Å²) < 4.78 is 10.9. The Morgan fingerprint density at radius 2 is 2.12 bits per heavy atom. The Morgan fingerprint density at radius 3 is 2.83 bits per heavy atom. The number of amides is 2. The molecule has 5 nitrogen and oxygen atoms in total. The van der Waals surface area contributed by atoms with Gasteiger partial charge in [-0.1, -0.05) is 19.4 Å². The van der Waals surface area contributed by atoms with Gasteiger partial charge in [0.2, 0.25) is 0 Å². The zero-order valence-electron chi connectivity index (χ0n) is 14.7. The van der Waals surface area contributed by atoms with Gasteiger partial charge < -0.3 is 20.1 Å². The number of hydrogen-bond acceptors (Lipinski definition) is 3. The number of hydrogen-bond donors (Lipinski definition) is 2. The summed E-state index contributed by atoms with van der Waals surface area (Å²) in [6.07, 6.45) is 6.45. The largest absolute Gasteiger partial charge is 0.496 e. The number of aryl methyl sites for hydroxylation is 1. The summed E-state index contributed by atoms with van der Waals surface area (Å²) in [6, 6.07) is 5.94. The standard InChI is InChI=1S/C19H28N2O3/c1-3-14-6-7-15(13-16(14)23-2)20-18(22)21-17-5-4-8-19(17)9-11-24-12-10-19/h6-7,13,17H,3-5,8-12H2,1-2H3,(H2,20,21,22). The average Bonchev–Trinajstić information content (AvgIpc) is 2.97. The van der Waals surface area contributed by atoms with E-state index < -0.39 is 0 Å². The molecule has 2 fully saturated rings. The number of benzene rings is 1. The van der Waals surface area contributed by atoms with Crippen molar-refractivity contribution < 1.29 is 14.3 Å². The smallest absolute Gasteiger partial charge is 0.319 e. The number of anilines is 1. The highest BCUT2D eigenvalue weighted by Gasteiger charge is 2.44. The van der Waals surface area contributed by atoms with Crippen LogP contribution in [0.5, 0.6) is 5.75 Å². The molecule has 1 aromatic carbocycles. The molecule has 1 aromatic rings. The van der Waals surface area contributed by atoms with Crippen LogP contribution in [0.25, 0.3) is 0 Å². The Hall–Kier alpha value is -1.75. The number of nitrogens with one attached hydrogen (secondary N) is 2. The summed E-state index contributed by atoms with van der Waals surface area (Å²) in [4.78, 5) is 12.5. The molecule has 5 heteroatoms. The zero-order valence-corrected chi connectivity index (χ0v) is 14.7. The van der Waals surface area contributed by atoms with E-state index in [4.69, 9.17) is 9.47 Å². The van der Waals surface area contributed by atoms with E-state index in [0.717, 1.165) is 55.9 Å². The van der Waals surface area contributed by atoms with Gasteiger partial charge in [-0.2, -0.15) is 0 Å². The molecule has 1 heterocycles. The second kappa shape index (κ2) is 7.43. The van der Waals surface area contributed by atoms with Crippen LogP contribution >= 0.6 is 0 Å². The minimum absolute atomic E-state index is 0.126. The number of ether oxygens (including phenoxy) is 2. The topological polar surface area (TPSA) is 59.6 Å². The molecule has 0 aromatic heterocycles. The quantitative estimate of drug-likeness (QED) is 0.883. The molecular formula is C19H28N2O3. The van der Waals surface area contributed by atoms with Crippen molar-refractivity contribution in [2.45, 2.75) is 51.5 Å². The van der Waals surface area contributed by atoms with Crippen molar-refractivity contribution in [3.8, 4) is 5.75 Å². The highest BCUT2D eigenvalue weighted by molar-refractivity contribution is 5.89. The van der Waals surface area contributed by atoms with E-state index in [2.05, 4.69) is 17.6 Å². The molecule has 24 heavy (non-hydrogen) atoms. The van der Waals surface area contributed by atoms with Gasteiger partial charge in [0.25, 0.3) is 0 Å². The fraction of sp³-hybridized carbons (Fsp3) is 0.632. The Bertz CT molecular complexity index is 582. The van der Waals surface area contributed by atoms with Crippen LogP contribution in [0.1, 0.15) is 44.6 Å². The summed E-state index contributed by atoms with van der Waals surface area (Å²) >= 11 is 0. The summed E-state index contributed by atoms with van der Waals surface area (Å²) in [5, 5.41) is 6.16. The Kier molecular flexibility index (Phi) is 5.29. The Labute approximate surface area is 144 Å². The van der Waals surface area contributed by atoms with E-state index in [-0.39, 0.29) is 17.5 Å². The van der Waals surface area contributed by atoms with Crippen LogP contribution < -0.4 is 15.4 Å². The monoisotopic (exact) mass is 332 g/mol. The first-order valence-electron chi connectivity index (χ1n) is 8.99. The second-order valence-corrected chi connectivity index (χ2v) is 6.90. The molecule has 1 unspecified atom stereocenters. The van der Waals surface area contributed by atoms with Gasteiger partial charge >= 0.3 is 6.03 Å². The predicted molar refractivity (Wildman–Crippen MR) is 94.7 cm³/mol. The lowest BCUT2D eigenvalue weighted by atomic mass is 9.75. The van der Waals surface area contributed by atoms with Crippen LogP contribution in [0.4, 0.5) is 10.5 Å². The molecule has 1 aliphatic carbocycles. The average molecular weight is 332 g/mol. The molecule has 1 atom stereocenters. The van der Waals surface area contributed by atoms with Crippen LogP contribution in [-0.4, -0.2) is 32.4 Å². The van der Waals surface area contributed by atoms with Crippen molar-refractivity contribution >= 4 is 11.7 Å². The molecule has 0 bridgehead atoms. The van der Waals surface area contributed by atoms with E-state index in [1.54, 1.807) is 7.11 Å². The van der Waals surface area contributed by atoms with Crippen LogP contribution in [0.3, 0.4) is 0 Å². The molecule has 1 aliphatic heterocycles. The normalized spacial score (nSPS) is 22.3. The van der Waals surface area contributed by atoms with Crippen molar-refractivity contribution in [1.29, 1.82) is 0 Å². The lowest BCUT2D eigenvalue weighted by Crippen LogP contribution is -2.48. The van der Waals surface area contributed by atoms with Crippen LogP contribution in [0.2, 0.25) is 0 Å². The maximum absolute atomic E-state index is 12.5. The molecular weight excluding hydrogens is 304 g/mol. The van der Waals surface area contributed by atoms with Crippen LogP contribution in [0.15, 0.2) is 18.2 Å². The van der Waals surface area contributed by atoms with Crippen molar-refractivity contribution in [2.24, 2.45) is 5.41 Å². The third kappa shape index (κ3) is 3.51. The first-order chi connectivity index (χ1) is 11.7. The molecule has 132 valence electrons.